The first kappa shape index (κ1) is 14.1. The number of aliphatic hydroxyl groups excluding tert-OH is 1. The Balaban J connectivity index is 1.98. The maximum absolute atomic E-state index is 12.7. The maximum Gasteiger partial charge on any atom is 0.268 e. The van der Waals surface area contributed by atoms with Crippen LogP contribution < -0.4 is 10.6 Å². The number of carbonyl (C=O) groups is 1. The van der Waals surface area contributed by atoms with Crippen molar-refractivity contribution in [1.82, 2.24) is 0 Å². The number of thiophene rings is 2. The minimum Gasteiger partial charge on any atom is -0.397 e. The van der Waals surface area contributed by atoms with Crippen molar-refractivity contribution in [1.29, 1.82) is 0 Å². The average molecular weight is 318 g/mol. The van der Waals surface area contributed by atoms with Gasteiger partial charge in [-0.3, -0.25) is 4.79 Å². The molecule has 3 aromatic rings. The van der Waals surface area contributed by atoms with E-state index in [0.717, 1.165) is 9.40 Å². The molecule has 0 aliphatic heterocycles. The van der Waals surface area contributed by atoms with Gasteiger partial charge in [-0.15, -0.1) is 22.7 Å². The second-order valence-electron chi connectivity index (χ2n) is 4.50. The molecule has 2 heterocycles. The van der Waals surface area contributed by atoms with Gasteiger partial charge in [0, 0.05) is 15.9 Å². The Morgan fingerprint density at radius 3 is 2.76 bits per heavy atom. The lowest BCUT2D eigenvalue weighted by Gasteiger charge is -2.22. The molecule has 21 heavy (non-hydrogen) atoms. The van der Waals surface area contributed by atoms with Crippen molar-refractivity contribution in [3.63, 3.8) is 0 Å². The molecule has 0 saturated heterocycles. The summed E-state index contributed by atoms with van der Waals surface area (Å²) in [6.45, 7) is 0.110. The van der Waals surface area contributed by atoms with Crippen LogP contribution in [0.5, 0.6) is 0 Å². The van der Waals surface area contributed by atoms with Crippen molar-refractivity contribution in [2.75, 3.05) is 23.8 Å². The Morgan fingerprint density at radius 2 is 2.05 bits per heavy atom. The molecule has 0 bridgehead atoms. The fourth-order valence-electron chi connectivity index (χ4n) is 2.17. The van der Waals surface area contributed by atoms with E-state index < -0.39 is 0 Å². The normalized spacial score (nSPS) is 10.9. The number of benzene rings is 1. The second kappa shape index (κ2) is 5.85. The van der Waals surface area contributed by atoms with Gasteiger partial charge in [0.1, 0.15) is 0 Å². The van der Waals surface area contributed by atoms with Crippen molar-refractivity contribution in [2.24, 2.45) is 0 Å². The molecule has 3 rings (SSSR count). The number of nitrogens with two attached hydrogens (primary N) is 1. The van der Waals surface area contributed by atoms with E-state index in [1.165, 1.54) is 16.2 Å². The molecule has 0 atom stereocenters. The minimum atomic E-state index is -0.129. The van der Waals surface area contributed by atoms with Gasteiger partial charge in [0.15, 0.2) is 0 Å². The number of aliphatic hydroxyl groups is 1. The molecule has 1 aromatic carbocycles. The SMILES string of the molecule is Nc1ccccc1N(CCO)C(=O)c1cc2sccc2s1. The molecule has 0 aliphatic rings. The van der Waals surface area contributed by atoms with Gasteiger partial charge >= 0.3 is 0 Å². The van der Waals surface area contributed by atoms with Crippen molar-refractivity contribution < 1.29 is 9.90 Å². The summed E-state index contributed by atoms with van der Waals surface area (Å²) in [5, 5.41) is 11.3. The second-order valence-corrected chi connectivity index (χ2v) is 6.53. The number of rotatable bonds is 4. The largest absolute Gasteiger partial charge is 0.397 e. The molecule has 0 unspecified atom stereocenters. The molecule has 0 fully saturated rings. The van der Waals surface area contributed by atoms with Gasteiger partial charge in [-0.1, -0.05) is 12.1 Å². The molecular weight excluding hydrogens is 304 g/mol. The Morgan fingerprint density at radius 1 is 1.24 bits per heavy atom. The summed E-state index contributed by atoms with van der Waals surface area (Å²) in [4.78, 5) is 14.9. The summed E-state index contributed by atoms with van der Waals surface area (Å²) >= 11 is 3.08. The van der Waals surface area contributed by atoms with Crippen LogP contribution in [0.3, 0.4) is 0 Å². The van der Waals surface area contributed by atoms with Crippen molar-refractivity contribution in [3.05, 3.63) is 46.7 Å². The quantitative estimate of drug-likeness (QED) is 0.726. The maximum atomic E-state index is 12.7. The monoisotopic (exact) mass is 318 g/mol. The van der Waals surface area contributed by atoms with Crippen LogP contribution in [0.2, 0.25) is 0 Å². The summed E-state index contributed by atoms with van der Waals surface area (Å²) in [5.41, 5.74) is 7.11. The Kier molecular flexibility index (Phi) is 3.92. The highest BCUT2D eigenvalue weighted by Gasteiger charge is 2.21. The summed E-state index contributed by atoms with van der Waals surface area (Å²) in [5.74, 6) is -0.129. The Labute approximate surface area is 130 Å². The topological polar surface area (TPSA) is 66.6 Å². The molecule has 108 valence electrons. The fraction of sp³-hybridized carbons (Fsp3) is 0.133. The van der Waals surface area contributed by atoms with Crippen molar-refractivity contribution >= 4 is 49.4 Å². The number of para-hydroxylation sites is 2. The third kappa shape index (κ3) is 2.65. The Bertz CT molecular complexity index is 750. The fourth-order valence-corrected chi connectivity index (χ4v) is 4.23. The number of amides is 1. The van der Waals surface area contributed by atoms with Crippen LogP contribution in [-0.4, -0.2) is 24.2 Å². The molecule has 3 N–H and O–H groups in total. The van der Waals surface area contributed by atoms with Gasteiger partial charge in [0.05, 0.1) is 22.9 Å². The molecule has 4 nitrogen and oxygen atoms in total. The van der Waals surface area contributed by atoms with E-state index in [4.69, 9.17) is 5.73 Å². The zero-order valence-corrected chi connectivity index (χ0v) is 12.8. The molecule has 0 radical (unpaired) electrons. The summed E-state index contributed by atoms with van der Waals surface area (Å²) in [6, 6.07) is 11.1. The van der Waals surface area contributed by atoms with Gasteiger partial charge in [-0.05, 0) is 29.6 Å². The molecule has 2 aromatic heterocycles. The van der Waals surface area contributed by atoms with E-state index in [0.29, 0.717) is 16.3 Å². The molecule has 6 heteroatoms. The van der Waals surface area contributed by atoms with E-state index in [-0.39, 0.29) is 19.1 Å². The van der Waals surface area contributed by atoms with Gasteiger partial charge in [-0.2, -0.15) is 0 Å². The lowest BCUT2D eigenvalue weighted by atomic mass is 10.2. The summed E-state index contributed by atoms with van der Waals surface area (Å²) in [6.07, 6.45) is 0. The predicted octanol–water partition coefficient (Wildman–Crippen LogP) is 3.18. The highest BCUT2D eigenvalue weighted by atomic mass is 32.1. The first-order chi connectivity index (χ1) is 10.2. The third-order valence-electron chi connectivity index (χ3n) is 3.15. The average Bonchev–Trinajstić information content (AvgIpc) is 3.06. The van der Waals surface area contributed by atoms with E-state index in [1.807, 2.05) is 29.6 Å². The molecule has 0 aliphatic carbocycles. The van der Waals surface area contributed by atoms with Crippen LogP contribution in [0.4, 0.5) is 11.4 Å². The van der Waals surface area contributed by atoms with Crippen LogP contribution in [0, 0.1) is 0 Å². The number of anilines is 2. The highest BCUT2D eigenvalue weighted by molar-refractivity contribution is 7.27. The van der Waals surface area contributed by atoms with Crippen LogP contribution in [0.25, 0.3) is 9.40 Å². The van der Waals surface area contributed by atoms with Gasteiger partial charge in [0.2, 0.25) is 0 Å². The number of hydrogen-bond donors (Lipinski definition) is 2. The number of hydrogen-bond acceptors (Lipinski definition) is 5. The summed E-state index contributed by atoms with van der Waals surface area (Å²) < 4.78 is 2.21. The van der Waals surface area contributed by atoms with Gasteiger partial charge in [0.25, 0.3) is 5.91 Å². The van der Waals surface area contributed by atoms with Crippen LogP contribution >= 0.6 is 22.7 Å². The van der Waals surface area contributed by atoms with E-state index in [2.05, 4.69) is 0 Å². The van der Waals surface area contributed by atoms with Gasteiger partial charge in [-0.25, -0.2) is 0 Å². The first-order valence-corrected chi connectivity index (χ1v) is 8.14. The molecule has 1 amide bonds. The molecular formula is C15H14N2O2S2. The van der Waals surface area contributed by atoms with E-state index in [1.54, 1.807) is 23.5 Å². The number of nitrogen functional groups attached to an aromatic ring is 1. The van der Waals surface area contributed by atoms with Gasteiger partial charge < -0.3 is 15.7 Å². The lowest BCUT2D eigenvalue weighted by Crippen LogP contribution is -2.33. The molecule has 0 spiro atoms. The van der Waals surface area contributed by atoms with Crippen LogP contribution in [0.1, 0.15) is 9.67 Å². The van der Waals surface area contributed by atoms with Crippen LogP contribution in [0.15, 0.2) is 41.8 Å². The van der Waals surface area contributed by atoms with Crippen molar-refractivity contribution in [2.45, 2.75) is 0 Å². The van der Waals surface area contributed by atoms with E-state index in [9.17, 15) is 9.90 Å². The zero-order chi connectivity index (χ0) is 14.8. The highest BCUT2D eigenvalue weighted by Crippen LogP contribution is 2.32. The smallest absolute Gasteiger partial charge is 0.268 e. The predicted molar refractivity (Wildman–Crippen MR) is 89.3 cm³/mol. The first-order valence-electron chi connectivity index (χ1n) is 6.45. The lowest BCUT2D eigenvalue weighted by molar-refractivity contribution is 0.0985. The number of nitrogens with zero attached hydrogens (tertiary/aromatic N) is 1. The Hall–Kier alpha value is -1.89. The van der Waals surface area contributed by atoms with Crippen molar-refractivity contribution in [3.8, 4) is 0 Å². The zero-order valence-electron chi connectivity index (χ0n) is 11.2. The summed E-state index contributed by atoms with van der Waals surface area (Å²) in [7, 11) is 0. The van der Waals surface area contributed by atoms with E-state index >= 15 is 0 Å². The number of fused-ring (bicyclic) bond motifs is 1. The molecule has 0 saturated carbocycles. The standard InChI is InChI=1S/C15H14N2O2S2/c16-10-3-1-2-4-11(10)17(6-7-18)15(19)14-9-13-12(21-14)5-8-20-13/h1-5,8-9,18H,6-7,16H2. The number of carbonyl (C=O) groups excluding carboxylic acids is 1. The van der Waals surface area contributed by atoms with Crippen LogP contribution in [-0.2, 0) is 0 Å². The third-order valence-corrected chi connectivity index (χ3v) is 5.23. The minimum absolute atomic E-state index is 0.111.